The molecule has 0 radical (unpaired) electrons. The van der Waals surface area contributed by atoms with Gasteiger partial charge in [-0.25, -0.2) is 4.98 Å². The summed E-state index contributed by atoms with van der Waals surface area (Å²) in [6.07, 6.45) is 0. The highest BCUT2D eigenvalue weighted by atomic mass is 32.1. The molecule has 4 rings (SSSR count). The molecular formula is C21H19N3OS. The van der Waals surface area contributed by atoms with Gasteiger partial charge in [-0.05, 0) is 18.2 Å². The molecule has 0 unspecified atom stereocenters. The number of benzene rings is 2. The lowest BCUT2D eigenvalue weighted by molar-refractivity contribution is 0.311. The molecule has 0 bridgehead atoms. The van der Waals surface area contributed by atoms with Crippen LogP contribution < -0.4 is 5.56 Å². The number of aromatic amines is 1. The van der Waals surface area contributed by atoms with Crippen molar-refractivity contribution in [2.45, 2.75) is 13.1 Å². The molecule has 1 N–H and O–H groups in total. The first-order valence-electron chi connectivity index (χ1n) is 8.49. The van der Waals surface area contributed by atoms with Gasteiger partial charge in [0.05, 0.1) is 11.9 Å². The monoisotopic (exact) mass is 361 g/mol. The van der Waals surface area contributed by atoms with Gasteiger partial charge < -0.3 is 4.98 Å². The highest BCUT2D eigenvalue weighted by Crippen LogP contribution is 2.30. The minimum Gasteiger partial charge on any atom is -0.309 e. The van der Waals surface area contributed by atoms with Crippen LogP contribution in [0.1, 0.15) is 11.4 Å². The van der Waals surface area contributed by atoms with E-state index >= 15 is 0 Å². The number of hydrogen-bond donors (Lipinski definition) is 1. The zero-order valence-electron chi connectivity index (χ0n) is 14.5. The number of hydrogen-bond acceptors (Lipinski definition) is 4. The van der Waals surface area contributed by atoms with Crippen LogP contribution in [0.5, 0.6) is 0 Å². The van der Waals surface area contributed by atoms with E-state index in [-0.39, 0.29) is 5.56 Å². The maximum absolute atomic E-state index is 12.7. The summed E-state index contributed by atoms with van der Waals surface area (Å²) in [5.74, 6) is 0.697. The van der Waals surface area contributed by atoms with Crippen molar-refractivity contribution >= 4 is 21.6 Å². The molecule has 130 valence electrons. The number of nitrogens with zero attached hydrogens (tertiary/aromatic N) is 2. The molecule has 0 spiro atoms. The molecule has 0 saturated heterocycles. The lowest BCUT2D eigenvalue weighted by Crippen LogP contribution is -2.21. The van der Waals surface area contributed by atoms with Crippen molar-refractivity contribution in [1.82, 2.24) is 14.9 Å². The van der Waals surface area contributed by atoms with Crippen LogP contribution in [0, 0.1) is 0 Å². The third kappa shape index (κ3) is 3.45. The van der Waals surface area contributed by atoms with E-state index in [1.165, 1.54) is 16.9 Å². The first kappa shape index (κ1) is 16.7. The molecule has 0 atom stereocenters. The molecule has 0 aliphatic rings. The van der Waals surface area contributed by atoms with E-state index in [4.69, 9.17) is 0 Å². The molecule has 0 aliphatic heterocycles. The van der Waals surface area contributed by atoms with E-state index < -0.39 is 0 Å². The fourth-order valence-corrected chi connectivity index (χ4v) is 4.07. The molecule has 4 nitrogen and oxygen atoms in total. The van der Waals surface area contributed by atoms with Crippen LogP contribution in [0.3, 0.4) is 0 Å². The van der Waals surface area contributed by atoms with Gasteiger partial charge in [0, 0.05) is 17.5 Å². The van der Waals surface area contributed by atoms with Crippen LogP contribution in [0.2, 0.25) is 0 Å². The summed E-state index contributed by atoms with van der Waals surface area (Å²) in [7, 11) is 2.03. The van der Waals surface area contributed by atoms with Crippen molar-refractivity contribution < 1.29 is 0 Å². The van der Waals surface area contributed by atoms with E-state index in [1.807, 2.05) is 61.0 Å². The number of aromatic nitrogens is 2. The van der Waals surface area contributed by atoms with E-state index in [1.54, 1.807) is 0 Å². The van der Waals surface area contributed by atoms with Crippen LogP contribution >= 0.6 is 11.3 Å². The molecule has 5 heteroatoms. The van der Waals surface area contributed by atoms with E-state index in [2.05, 4.69) is 27.0 Å². The van der Waals surface area contributed by atoms with Crippen molar-refractivity contribution in [3.05, 3.63) is 87.8 Å². The molecule has 0 fully saturated rings. The van der Waals surface area contributed by atoms with Gasteiger partial charge in [-0.1, -0.05) is 60.7 Å². The topological polar surface area (TPSA) is 49.0 Å². The Balaban J connectivity index is 1.61. The third-order valence-corrected chi connectivity index (χ3v) is 5.17. The fraction of sp³-hybridized carbons (Fsp3) is 0.143. The van der Waals surface area contributed by atoms with Gasteiger partial charge in [0.25, 0.3) is 5.56 Å². The number of H-pyrrole nitrogens is 1. The van der Waals surface area contributed by atoms with Crippen LogP contribution in [-0.4, -0.2) is 21.9 Å². The average molecular weight is 361 g/mol. The maximum atomic E-state index is 12.7. The predicted octanol–water partition coefficient (Wildman–Crippen LogP) is 4.28. The number of rotatable bonds is 5. The van der Waals surface area contributed by atoms with Gasteiger partial charge in [-0.2, -0.15) is 0 Å². The Morgan fingerprint density at radius 2 is 1.69 bits per heavy atom. The number of nitrogens with one attached hydrogen (secondary N) is 1. The molecular weight excluding hydrogens is 342 g/mol. The Kier molecular flexibility index (Phi) is 4.65. The first-order valence-corrected chi connectivity index (χ1v) is 9.37. The summed E-state index contributed by atoms with van der Waals surface area (Å²) >= 11 is 1.52. The summed E-state index contributed by atoms with van der Waals surface area (Å²) in [5.41, 5.74) is 3.16. The standard InChI is InChI=1S/C21H19N3OS/c1-24(12-15-8-4-2-5-9-15)13-18-22-20(25)19-17(14-26-21(19)23-18)16-10-6-3-7-11-16/h2-11,14H,12-13H2,1H3,(H,22,23,25). The highest BCUT2D eigenvalue weighted by molar-refractivity contribution is 7.17. The minimum absolute atomic E-state index is 0.0711. The van der Waals surface area contributed by atoms with Crippen molar-refractivity contribution in [3.8, 4) is 11.1 Å². The quantitative estimate of drug-likeness (QED) is 0.577. The summed E-state index contributed by atoms with van der Waals surface area (Å²) in [6.45, 7) is 1.40. The highest BCUT2D eigenvalue weighted by Gasteiger charge is 2.13. The summed E-state index contributed by atoms with van der Waals surface area (Å²) in [5, 5.41) is 2.69. The van der Waals surface area contributed by atoms with E-state index in [9.17, 15) is 4.79 Å². The Hall–Kier alpha value is -2.76. The third-order valence-electron chi connectivity index (χ3n) is 4.29. The Morgan fingerprint density at radius 1 is 1.00 bits per heavy atom. The second kappa shape index (κ2) is 7.23. The zero-order valence-corrected chi connectivity index (χ0v) is 15.3. The van der Waals surface area contributed by atoms with Gasteiger partial charge in [-0.15, -0.1) is 11.3 Å². The van der Waals surface area contributed by atoms with Crippen molar-refractivity contribution in [2.75, 3.05) is 7.05 Å². The van der Waals surface area contributed by atoms with Gasteiger partial charge in [0.2, 0.25) is 0 Å². The van der Waals surface area contributed by atoms with Crippen molar-refractivity contribution in [2.24, 2.45) is 0 Å². The smallest absolute Gasteiger partial charge is 0.260 e. The normalized spacial score (nSPS) is 11.3. The second-order valence-corrected chi connectivity index (χ2v) is 7.22. The van der Waals surface area contributed by atoms with Crippen LogP contribution in [0.15, 0.2) is 70.8 Å². The summed E-state index contributed by atoms with van der Waals surface area (Å²) < 4.78 is 0. The number of thiophene rings is 1. The SMILES string of the molecule is CN(Cc1ccccc1)Cc1nc2scc(-c3ccccc3)c2c(=O)[nH]1. The fourth-order valence-electron chi connectivity index (χ4n) is 3.11. The van der Waals surface area contributed by atoms with E-state index in [0.29, 0.717) is 17.8 Å². The van der Waals surface area contributed by atoms with Crippen molar-refractivity contribution in [1.29, 1.82) is 0 Å². The molecule has 0 amide bonds. The maximum Gasteiger partial charge on any atom is 0.260 e. The largest absolute Gasteiger partial charge is 0.309 e. The predicted molar refractivity (Wildman–Crippen MR) is 107 cm³/mol. The van der Waals surface area contributed by atoms with Gasteiger partial charge >= 0.3 is 0 Å². The Morgan fingerprint density at radius 3 is 2.42 bits per heavy atom. The van der Waals surface area contributed by atoms with E-state index in [0.717, 1.165) is 22.5 Å². The molecule has 4 aromatic rings. The average Bonchev–Trinajstić information content (AvgIpc) is 3.08. The first-order chi connectivity index (χ1) is 12.7. The second-order valence-electron chi connectivity index (χ2n) is 6.37. The summed E-state index contributed by atoms with van der Waals surface area (Å²) in [4.78, 5) is 23.3. The zero-order chi connectivity index (χ0) is 17.9. The minimum atomic E-state index is -0.0711. The van der Waals surface area contributed by atoms with Crippen molar-refractivity contribution in [3.63, 3.8) is 0 Å². The molecule has 2 aromatic heterocycles. The van der Waals surface area contributed by atoms with Crippen LogP contribution in [0.4, 0.5) is 0 Å². The molecule has 0 saturated carbocycles. The lowest BCUT2D eigenvalue weighted by atomic mass is 10.1. The molecule has 2 heterocycles. The molecule has 26 heavy (non-hydrogen) atoms. The van der Waals surface area contributed by atoms with Crippen LogP contribution in [-0.2, 0) is 13.1 Å². The van der Waals surface area contributed by atoms with Crippen LogP contribution in [0.25, 0.3) is 21.3 Å². The molecule has 0 aliphatic carbocycles. The molecule has 2 aromatic carbocycles. The lowest BCUT2D eigenvalue weighted by Gasteiger charge is -2.16. The van der Waals surface area contributed by atoms with Gasteiger partial charge in [-0.3, -0.25) is 9.69 Å². The van der Waals surface area contributed by atoms with Gasteiger partial charge in [0.1, 0.15) is 10.7 Å². The Bertz CT molecular complexity index is 1070. The Labute approximate surface area is 155 Å². The summed E-state index contributed by atoms with van der Waals surface area (Å²) in [6, 6.07) is 20.2. The number of fused-ring (bicyclic) bond motifs is 1. The van der Waals surface area contributed by atoms with Gasteiger partial charge in [0.15, 0.2) is 0 Å².